The molecule has 0 radical (unpaired) electrons. The summed E-state index contributed by atoms with van der Waals surface area (Å²) in [5.74, 6) is -0.601. The number of carbonyl (C=O) groups is 3. The highest BCUT2D eigenvalue weighted by molar-refractivity contribution is 5.96. The van der Waals surface area contributed by atoms with E-state index < -0.39 is 0 Å². The van der Waals surface area contributed by atoms with Gasteiger partial charge in [0.05, 0.1) is 0 Å². The van der Waals surface area contributed by atoms with Crippen LogP contribution in [0.2, 0.25) is 0 Å². The lowest BCUT2D eigenvalue weighted by Gasteiger charge is -2.09. The average Bonchev–Trinajstić information content (AvgIpc) is 2.54. The first-order valence-corrected chi connectivity index (χ1v) is 7.96. The summed E-state index contributed by atoms with van der Waals surface area (Å²) in [6.07, 6.45) is 0.155. The second-order valence-corrected chi connectivity index (χ2v) is 5.69. The van der Waals surface area contributed by atoms with Crippen LogP contribution in [0.15, 0.2) is 48.5 Å². The quantitative estimate of drug-likeness (QED) is 0.756. The lowest BCUT2D eigenvalue weighted by Crippen LogP contribution is -2.27. The zero-order chi connectivity index (χ0) is 18.2. The number of benzene rings is 2. The monoisotopic (exact) mass is 339 g/mol. The predicted octanol–water partition coefficient (Wildman–Crippen LogP) is 2.71. The molecule has 0 spiro atoms. The Kier molecular flexibility index (Phi) is 6.28. The molecule has 25 heavy (non-hydrogen) atoms. The van der Waals surface area contributed by atoms with Crippen LogP contribution in [0.3, 0.4) is 0 Å². The van der Waals surface area contributed by atoms with E-state index in [-0.39, 0.29) is 30.7 Å². The van der Waals surface area contributed by atoms with Crippen LogP contribution in [0.1, 0.15) is 29.3 Å². The SMILES string of the molecule is CC(=O)Nc1cccc(NC(=O)CCNC(=O)c2cccc(C)c2)c1. The van der Waals surface area contributed by atoms with Crippen molar-refractivity contribution in [2.75, 3.05) is 17.2 Å². The van der Waals surface area contributed by atoms with Gasteiger partial charge >= 0.3 is 0 Å². The number of rotatable bonds is 6. The van der Waals surface area contributed by atoms with Crippen molar-refractivity contribution in [1.82, 2.24) is 5.32 Å². The van der Waals surface area contributed by atoms with Gasteiger partial charge in [0, 0.05) is 36.8 Å². The molecule has 0 saturated carbocycles. The molecule has 2 aromatic rings. The van der Waals surface area contributed by atoms with Gasteiger partial charge in [-0.15, -0.1) is 0 Å². The predicted molar refractivity (Wildman–Crippen MR) is 97.5 cm³/mol. The Hall–Kier alpha value is -3.15. The van der Waals surface area contributed by atoms with Gasteiger partial charge in [-0.3, -0.25) is 14.4 Å². The number of hydrogen-bond acceptors (Lipinski definition) is 3. The molecule has 0 aliphatic carbocycles. The molecule has 0 atom stereocenters. The summed E-state index contributed by atoms with van der Waals surface area (Å²) in [4.78, 5) is 35.0. The molecule has 0 bridgehead atoms. The maximum Gasteiger partial charge on any atom is 0.251 e. The first-order valence-electron chi connectivity index (χ1n) is 7.96. The summed E-state index contributed by atoms with van der Waals surface area (Å²) < 4.78 is 0. The van der Waals surface area contributed by atoms with Crippen LogP contribution in [0.25, 0.3) is 0 Å². The van der Waals surface area contributed by atoms with Gasteiger partial charge in [0.2, 0.25) is 11.8 Å². The van der Waals surface area contributed by atoms with Crippen LogP contribution < -0.4 is 16.0 Å². The molecule has 0 aliphatic heterocycles. The fraction of sp³-hybridized carbons (Fsp3) is 0.211. The van der Waals surface area contributed by atoms with Crippen molar-refractivity contribution in [2.24, 2.45) is 0 Å². The number of hydrogen-bond donors (Lipinski definition) is 3. The number of nitrogens with one attached hydrogen (secondary N) is 3. The third-order valence-electron chi connectivity index (χ3n) is 3.38. The average molecular weight is 339 g/mol. The topological polar surface area (TPSA) is 87.3 Å². The molecule has 0 unspecified atom stereocenters. The Morgan fingerprint density at radius 1 is 0.920 bits per heavy atom. The second kappa shape index (κ2) is 8.63. The van der Waals surface area contributed by atoms with Gasteiger partial charge in [-0.25, -0.2) is 0 Å². The van der Waals surface area contributed by atoms with Gasteiger partial charge in [0.15, 0.2) is 0 Å². The Morgan fingerprint density at radius 3 is 2.28 bits per heavy atom. The van der Waals surface area contributed by atoms with E-state index in [9.17, 15) is 14.4 Å². The molecule has 2 rings (SSSR count). The van der Waals surface area contributed by atoms with Gasteiger partial charge in [-0.1, -0.05) is 23.8 Å². The molecular weight excluding hydrogens is 318 g/mol. The molecule has 0 aromatic heterocycles. The Balaban J connectivity index is 1.81. The highest BCUT2D eigenvalue weighted by atomic mass is 16.2. The molecule has 0 fully saturated rings. The fourth-order valence-corrected chi connectivity index (χ4v) is 2.28. The standard InChI is InChI=1S/C19H21N3O3/c1-13-5-3-6-15(11-13)19(25)20-10-9-18(24)22-17-8-4-7-16(12-17)21-14(2)23/h3-8,11-12H,9-10H2,1-2H3,(H,20,25)(H,21,23)(H,22,24). The van der Waals surface area contributed by atoms with Crippen molar-refractivity contribution >= 4 is 29.1 Å². The molecule has 0 aliphatic rings. The Bertz CT molecular complexity index is 787. The summed E-state index contributed by atoms with van der Waals surface area (Å²) in [7, 11) is 0. The zero-order valence-electron chi connectivity index (χ0n) is 14.3. The third-order valence-corrected chi connectivity index (χ3v) is 3.38. The first kappa shape index (κ1) is 18.2. The molecule has 2 aromatic carbocycles. The smallest absolute Gasteiger partial charge is 0.251 e. The number of amides is 3. The van der Waals surface area contributed by atoms with E-state index in [2.05, 4.69) is 16.0 Å². The molecule has 0 saturated heterocycles. The van der Waals surface area contributed by atoms with Gasteiger partial charge in [0.25, 0.3) is 5.91 Å². The molecule has 3 N–H and O–H groups in total. The summed E-state index contributed by atoms with van der Waals surface area (Å²) in [6.45, 7) is 3.57. The number of aryl methyl sites for hydroxylation is 1. The van der Waals surface area contributed by atoms with Crippen molar-refractivity contribution in [3.63, 3.8) is 0 Å². The van der Waals surface area contributed by atoms with Crippen LogP contribution in [-0.4, -0.2) is 24.3 Å². The van der Waals surface area contributed by atoms with Crippen LogP contribution >= 0.6 is 0 Å². The maximum absolute atomic E-state index is 12.0. The molecule has 3 amide bonds. The maximum atomic E-state index is 12.0. The molecule has 130 valence electrons. The van der Waals surface area contributed by atoms with E-state index >= 15 is 0 Å². The molecule has 6 heteroatoms. The van der Waals surface area contributed by atoms with Crippen molar-refractivity contribution in [3.05, 3.63) is 59.7 Å². The molecule has 6 nitrogen and oxygen atoms in total. The highest BCUT2D eigenvalue weighted by Gasteiger charge is 2.07. The minimum absolute atomic E-state index is 0.155. The van der Waals surface area contributed by atoms with Gasteiger partial charge in [0.1, 0.15) is 0 Å². The van der Waals surface area contributed by atoms with Crippen molar-refractivity contribution < 1.29 is 14.4 Å². The van der Waals surface area contributed by atoms with E-state index in [1.165, 1.54) is 6.92 Å². The summed E-state index contributed by atoms with van der Waals surface area (Å²) >= 11 is 0. The Morgan fingerprint density at radius 2 is 1.60 bits per heavy atom. The van der Waals surface area contributed by atoms with Crippen molar-refractivity contribution in [2.45, 2.75) is 20.3 Å². The first-order chi connectivity index (χ1) is 11.9. The van der Waals surface area contributed by atoms with Gasteiger partial charge < -0.3 is 16.0 Å². The van der Waals surface area contributed by atoms with E-state index in [0.717, 1.165) is 5.56 Å². The minimum atomic E-state index is -0.218. The van der Waals surface area contributed by atoms with E-state index in [1.807, 2.05) is 19.1 Å². The summed E-state index contributed by atoms with van der Waals surface area (Å²) in [6, 6.07) is 14.1. The lowest BCUT2D eigenvalue weighted by molar-refractivity contribution is -0.116. The molecule has 0 heterocycles. The van der Waals surface area contributed by atoms with Crippen LogP contribution in [0, 0.1) is 6.92 Å². The fourth-order valence-electron chi connectivity index (χ4n) is 2.28. The van der Waals surface area contributed by atoms with Crippen molar-refractivity contribution in [3.8, 4) is 0 Å². The van der Waals surface area contributed by atoms with Crippen molar-refractivity contribution in [1.29, 1.82) is 0 Å². The van der Waals surface area contributed by atoms with E-state index in [1.54, 1.807) is 36.4 Å². The van der Waals surface area contributed by atoms with Crippen LogP contribution in [0.4, 0.5) is 11.4 Å². The van der Waals surface area contributed by atoms with Crippen LogP contribution in [-0.2, 0) is 9.59 Å². The normalized spacial score (nSPS) is 10.0. The summed E-state index contributed by atoms with van der Waals surface area (Å²) in [5.41, 5.74) is 2.77. The van der Waals surface area contributed by atoms with Crippen LogP contribution in [0.5, 0.6) is 0 Å². The van der Waals surface area contributed by atoms with Gasteiger partial charge in [-0.2, -0.15) is 0 Å². The number of anilines is 2. The second-order valence-electron chi connectivity index (χ2n) is 5.69. The van der Waals surface area contributed by atoms with E-state index in [0.29, 0.717) is 16.9 Å². The highest BCUT2D eigenvalue weighted by Crippen LogP contribution is 2.15. The van der Waals surface area contributed by atoms with Gasteiger partial charge in [-0.05, 0) is 37.3 Å². The third kappa shape index (κ3) is 6.10. The molecular formula is C19H21N3O3. The largest absolute Gasteiger partial charge is 0.352 e. The zero-order valence-corrected chi connectivity index (χ0v) is 14.3. The minimum Gasteiger partial charge on any atom is -0.352 e. The Labute approximate surface area is 146 Å². The summed E-state index contributed by atoms with van der Waals surface area (Å²) in [5, 5.41) is 8.11. The lowest BCUT2D eigenvalue weighted by atomic mass is 10.1. The van der Waals surface area contributed by atoms with E-state index in [4.69, 9.17) is 0 Å². The number of carbonyl (C=O) groups excluding carboxylic acids is 3.